The van der Waals surface area contributed by atoms with Gasteiger partial charge in [0, 0.05) is 6.54 Å². The molecule has 1 rings (SSSR count). The van der Waals surface area contributed by atoms with Crippen molar-refractivity contribution in [1.29, 1.82) is 0 Å². The lowest BCUT2D eigenvalue weighted by Crippen LogP contribution is -2.42. The first-order valence-electron chi connectivity index (χ1n) is 6.37. The van der Waals surface area contributed by atoms with Crippen LogP contribution < -0.4 is 0 Å². The molecule has 2 atom stereocenters. The van der Waals surface area contributed by atoms with Crippen molar-refractivity contribution < 1.29 is 0 Å². The van der Waals surface area contributed by atoms with Crippen LogP contribution in [0.2, 0.25) is 0 Å². The molecule has 0 aromatic heterocycles. The molecule has 0 amide bonds. The van der Waals surface area contributed by atoms with E-state index < -0.39 is 0 Å². The van der Waals surface area contributed by atoms with Crippen molar-refractivity contribution in [2.75, 3.05) is 19.6 Å². The Bertz CT molecular complexity index is 151. The Hall–Kier alpha value is -0.0400. The Morgan fingerprint density at radius 1 is 1.36 bits per heavy atom. The fourth-order valence-corrected chi connectivity index (χ4v) is 2.62. The van der Waals surface area contributed by atoms with E-state index in [4.69, 9.17) is 0 Å². The number of unbranched alkanes of at least 4 members (excludes halogenated alkanes) is 1. The van der Waals surface area contributed by atoms with Crippen LogP contribution in [0.1, 0.15) is 47.0 Å². The summed E-state index contributed by atoms with van der Waals surface area (Å²) < 4.78 is 0. The smallest absolute Gasteiger partial charge is 0.00147 e. The number of nitrogens with zero attached hydrogens (tertiary/aromatic N) is 1. The van der Waals surface area contributed by atoms with Gasteiger partial charge in [-0.15, -0.1) is 0 Å². The van der Waals surface area contributed by atoms with Crippen molar-refractivity contribution in [2.24, 2.45) is 17.8 Å². The van der Waals surface area contributed by atoms with Crippen LogP contribution in [0.4, 0.5) is 0 Å². The van der Waals surface area contributed by atoms with Crippen molar-refractivity contribution >= 4 is 0 Å². The maximum atomic E-state index is 2.67. The number of hydrogen-bond donors (Lipinski definition) is 0. The van der Waals surface area contributed by atoms with E-state index in [1.54, 1.807) is 0 Å². The second-order valence-electron chi connectivity index (χ2n) is 5.33. The molecule has 1 heterocycles. The highest BCUT2D eigenvalue weighted by Crippen LogP contribution is 2.29. The molecule has 1 unspecified atom stereocenters. The van der Waals surface area contributed by atoms with Crippen LogP contribution in [0.25, 0.3) is 0 Å². The average molecular weight is 197 g/mol. The van der Waals surface area contributed by atoms with Gasteiger partial charge in [0.05, 0.1) is 0 Å². The van der Waals surface area contributed by atoms with Crippen LogP contribution in [0, 0.1) is 17.8 Å². The number of likely N-dealkylation sites (tertiary alicyclic amines) is 1. The number of rotatable bonds is 4. The molecule has 0 spiro atoms. The Morgan fingerprint density at radius 2 is 2.07 bits per heavy atom. The topological polar surface area (TPSA) is 3.24 Å². The average Bonchev–Trinajstić information content (AvgIpc) is 2.16. The van der Waals surface area contributed by atoms with Gasteiger partial charge in [-0.05, 0) is 43.7 Å². The fourth-order valence-electron chi connectivity index (χ4n) is 2.62. The molecule has 0 aromatic carbocycles. The monoisotopic (exact) mass is 197 g/mol. The van der Waals surface area contributed by atoms with Gasteiger partial charge in [-0.2, -0.15) is 0 Å². The second-order valence-corrected chi connectivity index (χ2v) is 5.33. The molecule has 1 aliphatic rings. The minimum absolute atomic E-state index is 0.856. The van der Waals surface area contributed by atoms with Gasteiger partial charge in [0.2, 0.25) is 0 Å². The zero-order valence-electron chi connectivity index (χ0n) is 10.4. The SMILES string of the molecule is CCCCN1CC[C@@H](C)C(C(C)C)C1. The number of piperidine rings is 1. The predicted octanol–water partition coefficient (Wildman–Crippen LogP) is 3.40. The molecule has 0 saturated carbocycles. The van der Waals surface area contributed by atoms with Crippen molar-refractivity contribution in [3.63, 3.8) is 0 Å². The third-order valence-electron chi connectivity index (χ3n) is 3.78. The van der Waals surface area contributed by atoms with Gasteiger partial charge in [0.25, 0.3) is 0 Å². The number of hydrogen-bond acceptors (Lipinski definition) is 1. The third-order valence-corrected chi connectivity index (χ3v) is 3.78. The molecule has 1 fully saturated rings. The van der Waals surface area contributed by atoms with Gasteiger partial charge in [0.1, 0.15) is 0 Å². The minimum atomic E-state index is 0.856. The van der Waals surface area contributed by atoms with E-state index in [9.17, 15) is 0 Å². The molecule has 0 aliphatic carbocycles. The van der Waals surface area contributed by atoms with Crippen LogP contribution in [-0.4, -0.2) is 24.5 Å². The first-order valence-corrected chi connectivity index (χ1v) is 6.37. The first kappa shape index (κ1) is 12.0. The highest BCUT2D eigenvalue weighted by molar-refractivity contribution is 4.79. The standard InChI is InChI=1S/C13H27N/c1-5-6-8-14-9-7-12(4)13(10-14)11(2)3/h11-13H,5-10H2,1-4H3/t12-,13?/m1/s1. The van der Waals surface area contributed by atoms with E-state index in [0.29, 0.717) is 0 Å². The summed E-state index contributed by atoms with van der Waals surface area (Å²) in [4.78, 5) is 2.67. The van der Waals surface area contributed by atoms with Crippen molar-refractivity contribution in [3.8, 4) is 0 Å². The lowest BCUT2D eigenvalue weighted by Gasteiger charge is -2.39. The summed E-state index contributed by atoms with van der Waals surface area (Å²) >= 11 is 0. The molecule has 0 N–H and O–H groups in total. The summed E-state index contributed by atoms with van der Waals surface area (Å²) in [6, 6.07) is 0. The Labute approximate surface area is 89.9 Å². The van der Waals surface area contributed by atoms with Crippen LogP contribution in [0.5, 0.6) is 0 Å². The maximum Gasteiger partial charge on any atom is 0.00147 e. The molecule has 1 aliphatic heterocycles. The molecule has 1 heteroatoms. The van der Waals surface area contributed by atoms with Crippen LogP contribution in [-0.2, 0) is 0 Å². The lowest BCUT2D eigenvalue weighted by atomic mass is 9.79. The van der Waals surface area contributed by atoms with Crippen LogP contribution >= 0.6 is 0 Å². The zero-order valence-corrected chi connectivity index (χ0v) is 10.4. The minimum Gasteiger partial charge on any atom is -0.303 e. The van der Waals surface area contributed by atoms with Crippen molar-refractivity contribution in [1.82, 2.24) is 4.90 Å². The first-order chi connectivity index (χ1) is 6.65. The molecule has 0 radical (unpaired) electrons. The largest absolute Gasteiger partial charge is 0.303 e. The van der Waals surface area contributed by atoms with Gasteiger partial charge in [-0.1, -0.05) is 34.1 Å². The zero-order chi connectivity index (χ0) is 10.6. The van der Waals surface area contributed by atoms with E-state index in [1.807, 2.05) is 0 Å². The van der Waals surface area contributed by atoms with Gasteiger partial charge in [-0.25, -0.2) is 0 Å². The van der Waals surface area contributed by atoms with Gasteiger partial charge in [0.15, 0.2) is 0 Å². The van der Waals surface area contributed by atoms with Crippen molar-refractivity contribution in [2.45, 2.75) is 47.0 Å². The summed E-state index contributed by atoms with van der Waals surface area (Å²) in [5, 5.41) is 0. The third kappa shape index (κ3) is 3.27. The molecule has 0 aromatic rings. The lowest BCUT2D eigenvalue weighted by molar-refractivity contribution is 0.0969. The highest BCUT2D eigenvalue weighted by atomic mass is 15.1. The van der Waals surface area contributed by atoms with Crippen molar-refractivity contribution in [3.05, 3.63) is 0 Å². The molecule has 84 valence electrons. The Balaban J connectivity index is 2.37. The molecule has 1 saturated heterocycles. The van der Waals surface area contributed by atoms with E-state index in [-0.39, 0.29) is 0 Å². The Kier molecular flexibility index (Phi) is 4.94. The van der Waals surface area contributed by atoms with Gasteiger partial charge in [-0.3, -0.25) is 0 Å². The van der Waals surface area contributed by atoms with Gasteiger partial charge < -0.3 is 4.90 Å². The van der Waals surface area contributed by atoms with Crippen LogP contribution in [0.3, 0.4) is 0 Å². The van der Waals surface area contributed by atoms with E-state index in [0.717, 1.165) is 17.8 Å². The van der Waals surface area contributed by atoms with E-state index in [1.165, 1.54) is 38.9 Å². The van der Waals surface area contributed by atoms with Gasteiger partial charge >= 0.3 is 0 Å². The second kappa shape index (κ2) is 5.75. The predicted molar refractivity (Wildman–Crippen MR) is 63.5 cm³/mol. The summed E-state index contributed by atoms with van der Waals surface area (Å²) in [5.41, 5.74) is 0. The summed E-state index contributed by atoms with van der Waals surface area (Å²) in [5.74, 6) is 2.72. The Morgan fingerprint density at radius 3 is 2.64 bits per heavy atom. The fraction of sp³-hybridized carbons (Fsp3) is 1.00. The molecule has 1 nitrogen and oxygen atoms in total. The van der Waals surface area contributed by atoms with Crippen LogP contribution in [0.15, 0.2) is 0 Å². The molecule has 0 bridgehead atoms. The summed E-state index contributed by atoms with van der Waals surface area (Å²) in [6.45, 7) is 13.5. The molecular weight excluding hydrogens is 170 g/mol. The molecule has 14 heavy (non-hydrogen) atoms. The maximum absolute atomic E-state index is 2.67. The normalized spacial score (nSPS) is 29.8. The van der Waals surface area contributed by atoms with E-state index >= 15 is 0 Å². The quantitative estimate of drug-likeness (QED) is 0.667. The highest BCUT2D eigenvalue weighted by Gasteiger charge is 2.27. The summed E-state index contributed by atoms with van der Waals surface area (Å²) in [7, 11) is 0. The summed E-state index contributed by atoms with van der Waals surface area (Å²) in [6.07, 6.45) is 4.12. The molecular formula is C13H27N. The van der Waals surface area contributed by atoms with E-state index in [2.05, 4.69) is 32.6 Å².